The standard InChI is InChI=1S/C17H22N2O2/c1-11-6-2-4-8-14(11)19-16(17(20)21)13-10-18-15-9-5-3-7-12(13)15/h3,5,7,9-11,14,16,18-19H,2,4,6,8H2,1H3,(H,20,21). The minimum absolute atomic E-state index is 0.286. The maximum atomic E-state index is 11.7. The minimum atomic E-state index is -0.808. The van der Waals surface area contributed by atoms with Crippen LogP contribution in [0.5, 0.6) is 0 Å². The largest absolute Gasteiger partial charge is 0.480 e. The molecule has 1 heterocycles. The van der Waals surface area contributed by atoms with Gasteiger partial charge in [0.2, 0.25) is 0 Å². The molecule has 1 aliphatic carbocycles. The molecule has 0 bridgehead atoms. The van der Waals surface area contributed by atoms with Crippen LogP contribution < -0.4 is 5.32 Å². The molecule has 4 heteroatoms. The number of aromatic nitrogens is 1. The van der Waals surface area contributed by atoms with E-state index < -0.39 is 12.0 Å². The lowest BCUT2D eigenvalue weighted by Gasteiger charge is -2.32. The molecule has 3 N–H and O–H groups in total. The Morgan fingerprint density at radius 2 is 2.10 bits per heavy atom. The van der Waals surface area contributed by atoms with Crippen molar-refractivity contribution in [3.8, 4) is 0 Å². The molecule has 3 unspecified atom stereocenters. The molecule has 1 saturated carbocycles. The highest BCUT2D eigenvalue weighted by Gasteiger charge is 2.29. The van der Waals surface area contributed by atoms with Gasteiger partial charge in [-0.05, 0) is 24.8 Å². The van der Waals surface area contributed by atoms with Gasteiger partial charge < -0.3 is 10.1 Å². The van der Waals surface area contributed by atoms with Crippen molar-refractivity contribution in [3.63, 3.8) is 0 Å². The fraction of sp³-hybridized carbons (Fsp3) is 0.471. The zero-order valence-electron chi connectivity index (χ0n) is 12.3. The Labute approximate surface area is 124 Å². The van der Waals surface area contributed by atoms with Crippen LogP contribution in [0.4, 0.5) is 0 Å². The Kier molecular flexibility index (Phi) is 3.97. The second-order valence-corrected chi connectivity index (χ2v) is 6.10. The molecule has 2 aromatic rings. The Balaban J connectivity index is 1.89. The van der Waals surface area contributed by atoms with E-state index in [-0.39, 0.29) is 6.04 Å². The maximum Gasteiger partial charge on any atom is 0.325 e. The second-order valence-electron chi connectivity index (χ2n) is 6.10. The van der Waals surface area contributed by atoms with Crippen LogP contribution in [0.15, 0.2) is 30.5 Å². The minimum Gasteiger partial charge on any atom is -0.480 e. The third-order valence-corrected chi connectivity index (χ3v) is 4.67. The summed E-state index contributed by atoms with van der Waals surface area (Å²) in [5.41, 5.74) is 1.81. The number of carboxylic acids is 1. The van der Waals surface area contributed by atoms with E-state index in [1.54, 1.807) is 0 Å². The third-order valence-electron chi connectivity index (χ3n) is 4.67. The van der Waals surface area contributed by atoms with Gasteiger partial charge in [0.25, 0.3) is 0 Å². The normalized spacial score (nSPS) is 24.0. The highest BCUT2D eigenvalue weighted by Crippen LogP contribution is 2.29. The number of benzene rings is 1. The summed E-state index contributed by atoms with van der Waals surface area (Å²) in [6.45, 7) is 2.21. The van der Waals surface area contributed by atoms with Crippen LogP contribution in [0, 0.1) is 5.92 Å². The number of fused-ring (bicyclic) bond motifs is 1. The molecule has 0 amide bonds. The molecule has 0 saturated heterocycles. The molecule has 3 atom stereocenters. The van der Waals surface area contributed by atoms with Crippen LogP contribution in [0.3, 0.4) is 0 Å². The van der Waals surface area contributed by atoms with Crippen molar-refractivity contribution < 1.29 is 9.90 Å². The number of aliphatic carboxylic acids is 1. The summed E-state index contributed by atoms with van der Waals surface area (Å²) in [6, 6.07) is 7.49. The van der Waals surface area contributed by atoms with Crippen LogP contribution in [-0.4, -0.2) is 22.1 Å². The van der Waals surface area contributed by atoms with E-state index in [4.69, 9.17) is 0 Å². The van der Waals surface area contributed by atoms with Gasteiger partial charge in [-0.3, -0.25) is 10.1 Å². The van der Waals surface area contributed by atoms with Crippen LogP contribution in [0.1, 0.15) is 44.2 Å². The SMILES string of the molecule is CC1CCCCC1NC(C(=O)O)c1c[nH]c2ccccc12. The fourth-order valence-corrected chi connectivity index (χ4v) is 3.40. The lowest BCUT2D eigenvalue weighted by Crippen LogP contribution is -2.42. The predicted octanol–water partition coefficient (Wildman–Crippen LogP) is 3.46. The van der Waals surface area contributed by atoms with Crippen molar-refractivity contribution in [1.82, 2.24) is 10.3 Å². The molecule has 112 valence electrons. The smallest absolute Gasteiger partial charge is 0.325 e. The van der Waals surface area contributed by atoms with Gasteiger partial charge in [0.05, 0.1) is 0 Å². The van der Waals surface area contributed by atoms with Crippen molar-refractivity contribution in [2.24, 2.45) is 5.92 Å². The predicted molar refractivity (Wildman–Crippen MR) is 83.2 cm³/mol. The van der Waals surface area contributed by atoms with Crippen molar-refractivity contribution >= 4 is 16.9 Å². The number of carboxylic acid groups (broad SMARTS) is 1. The monoisotopic (exact) mass is 286 g/mol. The molecule has 1 aromatic heterocycles. The highest BCUT2D eigenvalue weighted by atomic mass is 16.4. The van der Waals surface area contributed by atoms with E-state index >= 15 is 0 Å². The van der Waals surface area contributed by atoms with Gasteiger partial charge in [-0.1, -0.05) is 38.0 Å². The molecule has 1 aromatic carbocycles. The van der Waals surface area contributed by atoms with Crippen molar-refractivity contribution in [1.29, 1.82) is 0 Å². The molecule has 1 fully saturated rings. The van der Waals surface area contributed by atoms with E-state index in [9.17, 15) is 9.90 Å². The van der Waals surface area contributed by atoms with Gasteiger partial charge in [-0.2, -0.15) is 0 Å². The molecular weight excluding hydrogens is 264 g/mol. The summed E-state index contributed by atoms with van der Waals surface area (Å²) in [5.74, 6) is -0.275. The highest BCUT2D eigenvalue weighted by molar-refractivity contribution is 5.89. The zero-order chi connectivity index (χ0) is 14.8. The molecule has 4 nitrogen and oxygen atoms in total. The molecule has 21 heavy (non-hydrogen) atoms. The molecule has 0 aliphatic heterocycles. The topological polar surface area (TPSA) is 65.1 Å². The van der Waals surface area contributed by atoms with E-state index in [0.29, 0.717) is 5.92 Å². The van der Waals surface area contributed by atoms with E-state index in [1.807, 2.05) is 30.5 Å². The zero-order valence-corrected chi connectivity index (χ0v) is 12.3. The van der Waals surface area contributed by atoms with E-state index in [0.717, 1.165) is 22.9 Å². The summed E-state index contributed by atoms with van der Waals surface area (Å²) in [4.78, 5) is 14.9. The average molecular weight is 286 g/mol. The van der Waals surface area contributed by atoms with E-state index in [2.05, 4.69) is 17.2 Å². The lowest BCUT2D eigenvalue weighted by atomic mass is 9.85. The lowest BCUT2D eigenvalue weighted by molar-refractivity contribution is -0.140. The number of hydrogen-bond donors (Lipinski definition) is 3. The molecule has 0 radical (unpaired) electrons. The average Bonchev–Trinajstić information content (AvgIpc) is 2.90. The molecular formula is C17H22N2O2. The van der Waals surface area contributed by atoms with Crippen LogP contribution in [-0.2, 0) is 4.79 Å². The first-order chi connectivity index (χ1) is 10.2. The number of aromatic amines is 1. The van der Waals surface area contributed by atoms with Crippen molar-refractivity contribution in [2.75, 3.05) is 0 Å². The maximum absolute atomic E-state index is 11.7. The summed E-state index contributed by atoms with van der Waals surface area (Å²) in [6.07, 6.45) is 6.50. The Morgan fingerprint density at radius 3 is 2.86 bits per heavy atom. The number of para-hydroxylation sites is 1. The third kappa shape index (κ3) is 2.81. The van der Waals surface area contributed by atoms with Gasteiger partial charge in [-0.15, -0.1) is 0 Å². The number of rotatable bonds is 4. The number of H-pyrrole nitrogens is 1. The number of carbonyl (C=O) groups is 1. The molecule has 3 rings (SSSR count). The molecule has 0 spiro atoms. The summed E-state index contributed by atoms with van der Waals surface area (Å²) in [5, 5.41) is 14.0. The Bertz CT molecular complexity index is 635. The van der Waals surface area contributed by atoms with Gasteiger partial charge in [0.1, 0.15) is 6.04 Å². The Morgan fingerprint density at radius 1 is 1.33 bits per heavy atom. The van der Waals surface area contributed by atoms with Crippen LogP contribution >= 0.6 is 0 Å². The van der Waals surface area contributed by atoms with Gasteiger partial charge in [0, 0.05) is 28.7 Å². The van der Waals surface area contributed by atoms with Crippen LogP contribution in [0.2, 0.25) is 0 Å². The summed E-state index contributed by atoms with van der Waals surface area (Å²) in [7, 11) is 0. The van der Waals surface area contributed by atoms with Gasteiger partial charge in [-0.25, -0.2) is 0 Å². The fourth-order valence-electron chi connectivity index (χ4n) is 3.40. The number of nitrogens with one attached hydrogen (secondary N) is 2. The van der Waals surface area contributed by atoms with E-state index in [1.165, 1.54) is 19.3 Å². The van der Waals surface area contributed by atoms with Crippen molar-refractivity contribution in [2.45, 2.75) is 44.7 Å². The van der Waals surface area contributed by atoms with Crippen LogP contribution in [0.25, 0.3) is 10.9 Å². The first-order valence-electron chi connectivity index (χ1n) is 7.71. The first-order valence-corrected chi connectivity index (χ1v) is 7.71. The summed E-state index contributed by atoms with van der Waals surface area (Å²) >= 11 is 0. The Hall–Kier alpha value is -1.81. The first kappa shape index (κ1) is 14.1. The van der Waals surface area contributed by atoms with Gasteiger partial charge >= 0.3 is 5.97 Å². The van der Waals surface area contributed by atoms with Crippen molar-refractivity contribution in [3.05, 3.63) is 36.0 Å². The van der Waals surface area contributed by atoms with Gasteiger partial charge in [0.15, 0.2) is 0 Å². The second kappa shape index (κ2) is 5.90. The quantitative estimate of drug-likeness (QED) is 0.806. The summed E-state index contributed by atoms with van der Waals surface area (Å²) < 4.78 is 0. The number of hydrogen-bond acceptors (Lipinski definition) is 2. The molecule has 1 aliphatic rings.